The first-order valence-electron chi connectivity index (χ1n) is 6.52. The van der Waals surface area contributed by atoms with Gasteiger partial charge < -0.3 is 4.98 Å². The number of H-pyrrole nitrogens is 1. The van der Waals surface area contributed by atoms with Gasteiger partial charge in [0.15, 0.2) is 0 Å². The quantitative estimate of drug-likeness (QED) is 0.832. The van der Waals surface area contributed by atoms with Gasteiger partial charge >= 0.3 is 0 Å². The Balaban J connectivity index is 2.14. The van der Waals surface area contributed by atoms with E-state index in [-0.39, 0.29) is 5.56 Å². The Kier molecular flexibility index (Phi) is 4.60. The number of halogens is 1. The van der Waals surface area contributed by atoms with Crippen LogP contribution in [0.4, 0.5) is 0 Å². The molecule has 1 aliphatic carbocycles. The summed E-state index contributed by atoms with van der Waals surface area (Å²) in [6.45, 7) is 0. The van der Waals surface area contributed by atoms with E-state index < -0.39 is 0 Å². The number of nitrogens with one attached hydrogen (secondary N) is 1. The van der Waals surface area contributed by atoms with Crippen LogP contribution < -0.4 is 5.56 Å². The lowest BCUT2D eigenvalue weighted by molar-refractivity contribution is 0.526. The van der Waals surface area contributed by atoms with E-state index in [1.807, 2.05) is 0 Å². The van der Waals surface area contributed by atoms with Gasteiger partial charge in [-0.15, -0.1) is 0 Å². The predicted octanol–water partition coefficient (Wildman–Crippen LogP) is 3.64. The molecule has 0 bridgehead atoms. The summed E-state index contributed by atoms with van der Waals surface area (Å²) in [5, 5.41) is 0.432. The number of aromatic nitrogens is 2. The highest BCUT2D eigenvalue weighted by molar-refractivity contribution is 6.30. The second-order valence-corrected chi connectivity index (χ2v) is 5.22. The molecule has 1 saturated carbocycles. The highest BCUT2D eigenvalue weighted by Crippen LogP contribution is 2.31. The normalized spacial score (nSPS) is 19.4. The minimum absolute atomic E-state index is 0.221. The lowest BCUT2D eigenvalue weighted by Crippen LogP contribution is -2.11. The van der Waals surface area contributed by atoms with Crippen molar-refractivity contribution in [1.82, 2.24) is 9.97 Å². The predicted molar refractivity (Wildman–Crippen MR) is 69.5 cm³/mol. The first-order valence-corrected chi connectivity index (χ1v) is 6.90. The molecule has 0 amide bonds. The molecule has 0 aromatic carbocycles. The lowest BCUT2D eigenvalue weighted by Gasteiger charge is -2.15. The molecule has 1 aliphatic rings. The van der Waals surface area contributed by atoms with Crippen LogP contribution in [0.15, 0.2) is 11.0 Å². The van der Waals surface area contributed by atoms with E-state index in [1.165, 1.54) is 44.7 Å². The van der Waals surface area contributed by atoms with Crippen molar-refractivity contribution in [2.75, 3.05) is 0 Å². The molecule has 0 aliphatic heterocycles. The van der Waals surface area contributed by atoms with Gasteiger partial charge in [-0.25, -0.2) is 0 Å². The zero-order valence-electron chi connectivity index (χ0n) is 10.0. The van der Waals surface area contributed by atoms with Crippen LogP contribution in [0.1, 0.15) is 63.0 Å². The highest BCUT2D eigenvalue weighted by Gasteiger charge is 2.17. The fourth-order valence-corrected chi connectivity index (χ4v) is 2.88. The van der Waals surface area contributed by atoms with Crippen molar-refractivity contribution in [2.45, 2.75) is 57.3 Å². The number of hydrogen-bond donors (Lipinski definition) is 1. The largest absolute Gasteiger partial charge is 0.310 e. The third-order valence-electron chi connectivity index (χ3n) is 3.52. The van der Waals surface area contributed by atoms with Crippen molar-refractivity contribution < 1.29 is 0 Å². The van der Waals surface area contributed by atoms with Crippen molar-refractivity contribution >= 4 is 11.6 Å². The fourth-order valence-electron chi connectivity index (χ4n) is 2.58. The standard InChI is InChI=1S/C13H19ClN2O/c14-13-12(15-9-11(17)16-13)10-7-5-3-1-2-4-6-8-10/h9-10H,1-8H2,(H,16,17). The number of hydrogen-bond acceptors (Lipinski definition) is 2. The maximum Gasteiger partial charge on any atom is 0.267 e. The molecule has 1 aromatic rings. The van der Waals surface area contributed by atoms with E-state index in [2.05, 4.69) is 9.97 Å². The highest BCUT2D eigenvalue weighted by atomic mass is 35.5. The monoisotopic (exact) mass is 254 g/mol. The minimum Gasteiger partial charge on any atom is -0.310 e. The van der Waals surface area contributed by atoms with Crippen LogP contribution in [0.2, 0.25) is 5.15 Å². The summed E-state index contributed by atoms with van der Waals surface area (Å²) in [4.78, 5) is 18.0. The van der Waals surface area contributed by atoms with Gasteiger partial charge in [0.1, 0.15) is 5.15 Å². The maximum atomic E-state index is 11.1. The van der Waals surface area contributed by atoms with Crippen molar-refractivity contribution in [2.24, 2.45) is 0 Å². The van der Waals surface area contributed by atoms with Crippen LogP contribution in [0.25, 0.3) is 0 Å². The summed E-state index contributed by atoms with van der Waals surface area (Å²) in [7, 11) is 0. The summed E-state index contributed by atoms with van der Waals surface area (Å²) in [5.41, 5.74) is 0.662. The smallest absolute Gasteiger partial charge is 0.267 e. The molecule has 2 rings (SSSR count). The van der Waals surface area contributed by atoms with E-state index in [9.17, 15) is 4.79 Å². The maximum absolute atomic E-state index is 11.1. The third kappa shape index (κ3) is 3.56. The summed E-state index contributed by atoms with van der Waals surface area (Å²) in [6, 6.07) is 0. The molecular weight excluding hydrogens is 236 g/mol. The molecule has 4 heteroatoms. The molecule has 0 unspecified atom stereocenters. The Hall–Kier alpha value is -0.830. The molecule has 0 atom stereocenters. The van der Waals surface area contributed by atoms with Crippen molar-refractivity contribution in [3.05, 3.63) is 27.4 Å². The van der Waals surface area contributed by atoms with Gasteiger partial charge in [-0.2, -0.15) is 0 Å². The molecule has 1 N–H and O–H groups in total. The molecule has 0 radical (unpaired) electrons. The molecule has 1 heterocycles. The third-order valence-corrected chi connectivity index (χ3v) is 3.81. The summed E-state index contributed by atoms with van der Waals surface area (Å²) >= 11 is 6.08. The second-order valence-electron chi connectivity index (χ2n) is 4.84. The lowest BCUT2D eigenvalue weighted by atomic mass is 9.94. The average Bonchev–Trinajstić information content (AvgIpc) is 2.42. The molecule has 1 fully saturated rings. The van der Waals surface area contributed by atoms with Crippen LogP contribution >= 0.6 is 11.6 Å². The Morgan fingerprint density at radius 2 is 1.71 bits per heavy atom. The van der Waals surface area contributed by atoms with Gasteiger partial charge in [0.25, 0.3) is 5.56 Å². The Labute approximate surface area is 107 Å². The minimum atomic E-state index is -0.221. The number of nitrogens with zero attached hydrogens (tertiary/aromatic N) is 1. The van der Waals surface area contributed by atoms with E-state index in [0.717, 1.165) is 18.5 Å². The molecule has 3 nitrogen and oxygen atoms in total. The summed E-state index contributed by atoms with van der Waals surface area (Å²) in [6.07, 6.45) is 11.4. The van der Waals surface area contributed by atoms with Gasteiger partial charge in [0, 0.05) is 5.92 Å². The van der Waals surface area contributed by atoms with Gasteiger partial charge in [-0.05, 0) is 12.8 Å². The average molecular weight is 255 g/mol. The topological polar surface area (TPSA) is 45.8 Å². The van der Waals surface area contributed by atoms with Crippen LogP contribution in [0.3, 0.4) is 0 Å². The van der Waals surface area contributed by atoms with Crippen LogP contribution in [-0.2, 0) is 0 Å². The first-order chi connectivity index (χ1) is 8.27. The summed E-state index contributed by atoms with van der Waals surface area (Å²) < 4.78 is 0. The van der Waals surface area contributed by atoms with E-state index in [4.69, 9.17) is 11.6 Å². The molecule has 94 valence electrons. The van der Waals surface area contributed by atoms with Gasteiger partial charge in [0.2, 0.25) is 0 Å². The van der Waals surface area contributed by atoms with Crippen molar-refractivity contribution in [1.29, 1.82) is 0 Å². The van der Waals surface area contributed by atoms with E-state index in [1.54, 1.807) is 0 Å². The second kappa shape index (κ2) is 6.20. The van der Waals surface area contributed by atoms with Gasteiger partial charge in [-0.3, -0.25) is 9.78 Å². The Bertz CT molecular complexity index is 406. The van der Waals surface area contributed by atoms with E-state index in [0.29, 0.717) is 11.1 Å². The molecule has 0 spiro atoms. The zero-order chi connectivity index (χ0) is 12.1. The SMILES string of the molecule is O=c1cnc(C2CCCCCCCC2)c(Cl)[nH]1. The van der Waals surface area contributed by atoms with Crippen molar-refractivity contribution in [3.63, 3.8) is 0 Å². The fraction of sp³-hybridized carbons (Fsp3) is 0.692. The molecule has 17 heavy (non-hydrogen) atoms. The van der Waals surface area contributed by atoms with Gasteiger partial charge in [0.05, 0.1) is 11.9 Å². The Morgan fingerprint density at radius 1 is 1.12 bits per heavy atom. The Morgan fingerprint density at radius 3 is 2.29 bits per heavy atom. The van der Waals surface area contributed by atoms with Gasteiger partial charge in [-0.1, -0.05) is 50.1 Å². The zero-order valence-corrected chi connectivity index (χ0v) is 10.8. The van der Waals surface area contributed by atoms with Crippen LogP contribution in [0, 0.1) is 0 Å². The number of aromatic amines is 1. The molecular formula is C13H19ClN2O. The summed E-state index contributed by atoms with van der Waals surface area (Å²) in [5.74, 6) is 0.414. The van der Waals surface area contributed by atoms with Crippen molar-refractivity contribution in [3.8, 4) is 0 Å². The van der Waals surface area contributed by atoms with Crippen LogP contribution in [0.5, 0.6) is 0 Å². The van der Waals surface area contributed by atoms with Crippen LogP contribution in [-0.4, -0.2) is 9.97 Å². The molecule has 1 aromatic heterocycles. The molecule has 0 saturated heterocycles. The van der Waals surface area contributed by atoms with E-state index >= 15 is 0 Å². The first kappa shape index (κ1) is 12.6. The number of rotatable bonds is 1.